The number of carbonyl (C=O) groups is 1. The van der Waals surface area contributed by atoms with Crippen LogP contribution in [0.25, 0.3) is 0 Å². The molecule has 1 heterocycles. The van der Waals surface area contributed by atoms with E-state index in [-0.39, 0.29) is 22.1 Å². The summed E-state index contributed by atoms with van der Waals surface area (Å²) in [6.45, 7) is 4.62. The highest BCUT2D eigenvalue weighted by atomic mass is 32.2. The van der Waals surface area contributed by atoms with Gasteiger partial charge in [-0.2, -0.15) is 0 Å². The Morgan fingerprint density at radius 1 is 1.18 bits per heavy atom. The summed E-state index contributed by atoms with van der Waals surface area (Å²) in [4.78, 5) is 24.4. The molecule has 0 saturated heterocycles. The third-order valence-corrected chi connectivity index (χ3v) is 9.51. The van der Waals surface area contributed by atoms with Gasteiger partial charge in [0.2, 0.25) is 0 Å². The fraction of sp³-hybridized carbons (Fsp3) is 0.444. The number of carboxylic acid groups (broad SMARTS) is 1. The number of ether oxygens (including phenoxy) is 1. The van der Waals surface area contributed by atoms with Crippen LogP contribution in [0.2, 0.25) is 0 Å². The third kappa shape index (κ3) is 6.87. The molecule has 0 aliphatic carbocycles. The van der Waals surface area contributed by atoms with E-state index in [9.17, 15) is 23.3 Å². The lowest BCUT2D eigenvalue weighted by atomic mass is 9.79. The highest BCUT2D eigenvalue weighted by Crippen LogP contribution is 2.48. The molecule has 0 atom stereocenters. The van der Waals surface area contributed by atoms with Crippen molar-refractivity contribution in [1.29, 1.82) is 0 Å². The fourth-order valence-electron chi connectivity index (χ4n) is 4.87. The molecule has 0 radical (unpaired) electrons. The maximum atomic E-state index is 14.0. The first-order valence-corrected chi connectivity index (χ1v) is 15.5. The maximum absolute atomic E-state index is 14.0. The van der Waals surface area contributed by atoms with Crippen LogP contribution in [0.15, 0.2) is 58.5 Å². The number of anilines is 2. The molecule has 38 heavy (non-hydrogen) atoms. The first-order chi connectivity index (χ1) is 18.1. The van der Waals surface area contributed by atoms with Gasteiger partial charge in [0, 0.05) is 35.8 Å². The first kappa shape index (κ1) is 29.5. The van der Waals surface area contributed by atoms with E-state index in [0.29, 0.717) is 22.8 Å². The Balaban J connectivity index is 2.25. The van der Waals surface area contributed by atoms with Crippen molar-refractivity contribution in [3.63, 3.8) is 0 Å². The molecule has 0 aromatic heterocycles. The molecule has 0 bridgehead atoms. The van der Waals surface area contributed by atoms with Crippen LogP contribution in [0.5, 0.6) is 5.75 Å². The molecule has 0 saturated carbocycles. The van der Waals surface area contributed by atoms with Crippen molar-refractivity contribution in [3.05, 3.63) is 58.9 Å². The van der Waals surface area contributed by atoms with Gasteiger partial charge in [0.15, 0.2) is 9.84 Å². The normalized spacial score (nSPS) is 16.1. The minimum Gasteiger partial charge on any atom is -0.478 e. The van der Waals surface area contributed by atoms with Crippen molar-refractivity contribution in [1.82, 2.24) is 0 Å². The summed E-state index contributed by atoms with van der Waals surface area (Å²) in [6.07, 6.45) is 8.79. The zero-order valence-corrected chi connectivity index (χ0v) is 23.5. The second-order valence-electron chi connectivity index (χ2n) is 9.56. The Morgan fingerprint density at radius 3 is 2.34 bits per heavy atom. The van der Waals surface area contributed by atoms with E-state index in [0.717, 1.165) is 50.9 Å². The van der Waals surface area contributed by atoms with E-state index in [1.165, 1.54) is 30.0 Å². The van der Waals surface area contributed by atoms with E-state index in [1.807, 2.05) is 11.2 Å². The molecule has 2 aromatic rings. The molecule has 1 N–H and O–H groups in total. The summed E-state index contributed by atoms with van der Waals surface area (Å²) in [5.41, 5.74) is 0.582. The van der Waals surface area contributed by atoms with Gasteiger partial charge in [-0.15, -0.1) is 11.8 Å². The summed E-state index contributed by atoms with van der Waals surface area (Å²) in [5, 5.41) is 20.2. The Labute approximate surface area is 227 Å². The Kier molecular flexibility index (Phi) is 9.83. The van der Waals surface area contributed by atoms with Gasteiger partial charge in [0.1, 0.15) is 5.75 Å². The third-order valence-electron chi connectivity index (χ3n) is 6.76. The van der Waals surface area contributed by atoms with E-state index >= 15 is 0 Å². The summed E-state index contributed by atoms with van der Waals surface area (Å²) < 4.78 is 33.6. The fourth-order valence-corrected chi connectivity index (χ4v) is 7.52. The molecular formula is C27H34N2O7S2. The van der Waals surface area contributed by atoms with Crippen molar-refractivity contribution in [3.8, 4) is 5.75 Å². The second-order valence-corrected chi connectivity index (χ2v) is 12.4. The van der Waals surface area contributed by atoms with Gasteiger partial charge in [-0.05, 0) is 37.3 Å². The molecule has 1 aliphatic rings. The predicted octanol–water partition coefficient (Wildman–Crippen LogP) is 6.59. The van der Waals surface area contributed by atoms with Crippen molar-refractivity contribution in [2.45, 2.75) is 62.2 Å². The number of non-ortho nitro benzene ring substituents is 1. The van der Waals surface area contributed by atoms with E-state index in [4.69, 9.17) is 9.84 Å². The summed E-state index contributed by atoms with van der Waals surface area (Å²) in [5.74, 6) is -0.964. The number of hydrogen-bond acceptors (Lipinski definition) is 8. The van der Waals surface area contributed by atoms with Gasteiger partial charge in [-0.3, -0.25) is 10.1 Å². The van der Waals surface area contributed by atoms with Gasteiger partial charge in [-0.25, -0.2) is 13.2 Å². The average molecular weight is 563 g/mol. The highest BCUT2D eigenvalue weighted by molar-refractivity contribution is 7.98. The van der Waals surface area contributed by atoms with Crippen molar-refractivity contribution in [2.75, 3.05) is 23.5 Å². The summed E-state index contributed by atoms with van der Waals surface area (Å²) in [6, 6.07) is 9.39. The van der Waals surface area contributed by atoms with Gasteiger partial charge in [0.05, 0.1) is 38.5 Å². The maximum Gasteiger partial charge on any atom is 0.331 e. The largest absolute Gasteiger partial charge is 0.478 e. The zero-order chi connectivity index (χ0) is 27.9. The second kappa shape index (κ2) is 12.7. The molecule has 0 unspecified atom stereocenters. The first-order valence-electron chi connectivity index (χ1n) is 12.6. The number of fused-ring (bicyclic) bond motifs is 1. The number of nitro benzene ring substituents is 1. The van der Waals surface area contributed by atoms with Crippen molar-refractivity contribution < 1.29 is 28.0 Å². The molecule has 206 valence electrons. The number of rotatable bonds is 12. The molecule has 11 heteroatoms. The minimum atomic E-state index is -3.78. The van der Waals surface area contributed by atoms with Gasteiger partial charge < -0.3 is 14.7 Å². The standard InChI is InChI=1S/C27H34N2O7S2/c1-4-6-13-27(14-7-5-2)18-28(20-8-10-21(11-9-20)29(32)33)22-16-24(37-3)23(36-15-12-26(30)31)17-25(22)38(34,35)19-27/h8-12,15-17H,4-7,13-14,18-19H2,1-3H3,(H,30,31). The van der Waals surface area contributed by atoms with Crippen LogP contribution in [0, 0.1) is 15.5 Å². The number of nitro groups is 1. The Bertz CT molecular complexity index is 1280. The number of benzene rings is 2. The Hall–Kier alpha value is -3.05. The molecule has 3 rings (SSSR count). The van der Waals surface area contributed by atoms with Crippen LogP contribution in [-0.4, -0.2) is 43.0 Å². The molecule has 1 aliphatic heterocycles. The van der Waals surface area contributed by atoms with Crippen LogP contribution in [0.1, 0.15) is 52.4 Å². The zero-order valence-electron chi connectivity index (χ0n) is 21.9. The van der Waals surface area contributed by atoms with Crippen molar-refractivity contribution in [2.24, 2.45) is 5.41 Å². The van der Waals surface area contributed by atoms with Crippen molar-refractivity contribution >= 4 is 44.6 Å². The number of hydrogen-bond donors (Lipinski definition) is 1. The Morgan fingerprint density at radius 2 is 1.82 bits per heavy atom. The molecule has 9 nitrogen and oxygen atoms in total. The number of aliphatic carboxylic acids is 1. The quantitative estimate of drug-likeness (QED) is 0.100. The van der Waals surface area contributed by atoms with Crippen LogP contribution in [0.4, 0.5) is 17.1 Å². The van der Waals surface area contributed by atoms with Crippen LogP contribution in [0.3, 0.4) is 0 Å². The molecule has 2 aromatic carbocycles. The smallest absolute Gasteiger partial charge is 0.331 e. The van der Waals surface area contributed by atoms with Gasteiger partial charge >= 0.3 is 5.97 Å². The number of nitrogens with zero attached hydrogens (tertiary/aromatic N) is 2. The number of sulfone groups is 1. The minimum absolute atomic E-state index is 0.0283. The van der Waals surface area contributed by atoms with Crippen LogP contribution < -0.4 is 9.64 Å². The van der Waals surface area contributed by atoms with Crippen LogP contribution in [-0.2, 0) is 14.6 Å². The SMILES string of the molecule is CCCCC1(CCCC)CN(c2ccc([N+](=O)[O-])cc2)c2cc(SC)c(OC=CC(=O)O)cc2S(=O)(=O)C1. The summed E-state index contributed by atoms with van der Waals surface area (Å²) in [7, 11) is -3.78. The number of unbranched alkanes of at least 4 members (excludes halogenated alkanes) is 2. The lowest BCUT2D eigenvalue weighted by molar-refractivity contribution is -0.384. The molecule has 0 amide bonds. The van der Waals surface area contributed by atoms with Crippen LogP contribution >= 0.6 is 11.8 Å². The molecule has 0 spiro atoms. The topological polar surface area (TPSA) is 127 Å². The number of thioether (sulfide) groups is 1. The summed E-state index contributed by atoms with van der Waals surface area (Å²) >= 11 is 1.35. The number of carboxylic acids is 1. The van der Waals surface area contributed by atoms with E-state index in [1.54, 1.807) is 18.2 Å². The highest BCUT2D eigenvalue weighted by Gasteiger charge is 2.42. The lowest BCUT2D eigenvalue weighted by Crippen LogP contribution is -2.38. The predicted molar refractivity (Wildman–Crippen MR) is 149 cm³/mol. The van der Waals surface area contributed by atoms with E-state index in [2.05, 4.69) is 13.8 Å². The van der Waals surface area contributed by atoms with E-state index < -0.39 is 26.1 Å². The monoisotopic (exact) mass is 562 g/mol. The van der Waals surface area contributed by atoms with Gasteiger partial charge in [0.25, 0.3) is 5.69 Å². The van der Waals surface area contributed by atoms with Gasteiger partial charge in [-0.1, -0.05) is 39.5 Å². The average Bonchev–Trinajstić information content (AvgIpc) is 2.97. The lowest BCUT2D eigenvalue weighted by Gasteiger charge is -2.37. The molecule has 0 fully saturated rings. The molecular weight excluding hydrogens is 528 g/mol.